The maximum absolute atomic E-state index is 5.97. The molecule has 1 atom stereocenters. The van der Waals surface area contributed by atoms with Crippen molar-refractivity contribution in [3.63, 3.8) is 0 Å². The summed E-state index contributed by atoms with van der Waals surface area (Å²) in [7, 11) is 0. The molecule has 0 amide bonds. The van der Waals surface area contributed by atoms with Gasteiger partial charge in [0.25, 0.3) is 0 Å². The van der Waals surface area contributed by atoms with Gasteiger partial charge >= 0.3 is 0 Å². The predicted molar refractivity (Wildman–Crippen MR) is 92.2 cm³/mol. The van der Waals surface area contributed by atoms with E-state index >= 15 is 0 Å². The average molecular weight is 291 g/mol. The van der Waals surface area contributed by atoms with E-state index in [-0.39, 0.29) is 11.6 Å². The van der Waals surface area contributed by atoms with Gasteiger partial charge in [0.1, 0.15) is 0 Å². The Bertz CT molecular complexity index is 409. The highest BCUT2D eigenvalue weighted by Gasteiger charge is 2.39. The lowest BCUT2D eigenvalue weighted by molar-refractivity contribution is 0.0492. The van der Waals surface area contributed by atoms with E-state index in [1.54, 1.807) is 0 Å². The van der Waals surface area contributed by atoms with Gasteiger partial charge in [-0.2, -0.15) is 0 Å². The minimum atomic E-state index is 0.113. The molecule has 0 fully saturated rings. The van der Waals surface area contributed by atoms with Gasteiger partial charge in [0.15, 0.2) is 0 Å². The Hall–Kier alpha value is -0.900. The Morgan fingerprint density at radius 2 is 1.76 bits per heavy atom. The van der Waals surface area contributed by atoms with E-state index in [2.05, 4.69) is 69.2 Å². The molecule has 3 heteroatoms. The lowest BCUT2D eigenvalue weighted by Crippen LogP contribution is -2.63. The largest absolute Gasteiger partial charge is 0.297 e. The van der Waals surface area contributed by atoms with Crippen molar-refractivity contribution >= 4 is 0 Å². The summed E-state index contributed by atoms with van der Waals surface area (Å²) >= 11 is 0. The van der Waals surface area contributed by atoms with E-state index in [0.717, 1.165) is 32.4 Å². The number of nitrogens with one attached hydrogen (secondary N) is 1. The van der Waals surface area contributed by atoms with Crippen molar-refractivity contribution in [3.8, 4) is 0 Å². The van der Waals surface area contributed by atoms with Crippen LogP contribution in [0.4, 0.5) is 0 Å². The van der Waals surface area contributed by atoms with Gasteiger partial charge in [-0.3, -0.25) is 16.2 Å². The molecule has 21 heavy (non-hydrogen) atoms. The van der Waals surface area contributed by atoms with Gasteiger partial charge in [-0.25, -0.2) is 0 Å². The minimum Gasteiger partial charge on any atom is -0.297 e. The number of likely N-dealkylation sites (N-methyl/N-ethyl adjacent to an activating group) is 1. The number of hydrogen-bond donors (Lipinski definition) is 2. The molecule has 1 aromatic carbocycles. The monoisotopic (exact) mass is 291 g/mol. The van der Waals surface area contributed by atoms with Crippen LogP contribution in [-0.4, -0.2) is 29.6 Å². The first-order valence-electron chi connectivity index (χ1n) is 8.34. The third-order valence-corrected chi connectivity index (χ3v) is 4.99. The van der Waals surface area contributed by atoms with Gasteiger partial charge in [0.2, 0.25) is 0 Å². The summed E-state index contributed by atoms with van der Waals surface area (Å²) in [6, 6.07) is 9.01. The van der Waals surface area contributed by atoms with Crippen molar-refractivity contribution in [2.24, 2.45) is 5.84 Å². The van der Waals surface area contributed by atoms with E-state index in [4.69, 9.17) is 5.84 Å². The van der Waals surface area contributed by atoms with Gasteiger partial charge in [-0.05, 0) is 44.8 Å². The number of hydrazine groups is 1. The van der Waals surface area contributed by atoms with E-state index in [1.807, 2.05) is 0 Å². The van der Waals surface area contributed by atoms with Crippen LogP contribution in [0, 0.1) is 6.92 Å². The van der Waals surface area contributed by atoms with Crippen LogP contribution in [0.2, 0.25) is 0 Å². The van der Waals surface area contributed by atoms with Crippen LogP contribution in [0.5, 0.6) is 0 Å². The lowest BCUT2D eigenvalue weighted by Gasteiger charge is -2.48. The summed E-state index contributed by atoms with van der Waals surface area (Å²) < 4.78 is 0. The van der Waals surface area contributed by atoms with Crippen molar-refractivity contribution in [1.82, 2.24) is 10.3 Å². The fraction of sp³-hybridized carbons (Fsp3) is 0.667. The molecule has 120 valence electrons. The number of nitrogens with zero attached hydrogens (tertiary/aromatic N) is 1. The summed E-state index contributed by atoms with van der Waals surface area (Å²) in [6.45, 7) is 13.3. The zero-order valence-corrected chi connectivity index (χ0v) is 14.4. The summed E-state index contributed by atoms with van der Waals surface area (Å²) in [5, 5.41) is 0. The van der Waals surface area contributed by atoms with E-state index < -0.39 is 0 Å². The second-order valence-electron chi connectivity index (χ2n) is 5.90. The van der Waals surface area contributed by atoms with E-state index in [1.165, 1.54) is 11.1 Å². The summed E-state index contributed by atoms with van der Waals surface area (Å²) in [5.74, 6) is 5.97. The summed E-state index contributed by atoms with van der Waals surface area (Å²) in [5.41, 5.74) is 5.90. The molecule has 0 bridgehead atoms. The molecule has 3 N–H and O–H groups in total. The molecule has 0 aromatic heterocycles. The third-order valence-electron chi connectivity index (χ3n) is 4.99. The second-order valence-corrected chi connectivity index (χ2v) is 5.90. The Morgan fingerprint density at radius 1 is 1.14 bits per heavy atom. The number of hydrogen-bond acceptors (Lipinski definition) is 3. The molecule has 0 heterocycles. The topological polar surface area (TPSA) is 41.3 Å². The Balaban J connectivity index is 3.07. The SMILES string of the molecule is CCN(CC)C(CC)(CC)C(Cc1cccc(C)c1)NN. The molecule has 1 rings (SSSR count). The maximum Gasteiger partial charge on any atom is 0.0434 e. The number of rotatable bonds is 9. The highest BCUT2D eigenvalue weighted by atomic mass is 15.3. The van der Waals surface area contributed by atoms with Crippen LogP contribution in [0.15, 0.2) is 24.3 Å². The predicted octanol–water partition coefficient (Wildman–Crippen LogP) is 3.27. The second kappa shape index (κ2) is 8.52. The van der Waals surface area contributed by atoms with Gasteiger partial charge < -0.3 is 0 Å². The molecule has 0 saturated heterocycles. The van der Waals surface area contributed by atoms with Crippen LogP contribution >= 0.6 is 0 Å². The van der Waals surface area contributed by atoms with Gasteiger partial charge in [-0.1, -0.05) is 57.5 Å². The molecule has 1 unspecified atom stereocenters. The zero-order valence-electron chi connectivity index (χ0n) is 14.4. The first-order chi connectivity index (χ1) is 10.1. The molecule has 0 saturated carbocycles. The molecule has 3 nitrogen and oxygen atoms in total. The van der Waals surface area contributed by atoms with Crippen molar-refractivity contribution in [3.05, 3.63) is 35.4 Å². The van der Waals surface area contributed by atoms with Crippen LogP contribution in [0.1, 0.15) is 51.7 Å². The summed E-state index contributed by atoms with van der Waals surface area (Å²) in [6.07, 6.45) is 3.17. The van der Waals surface area contributed by atoms with E-state index in [9.17, 15) is 0 Å². The summed E-state index contributed by atoms with van der Waals surface area (Å²) in [4.78, 5) is 2.56. The minimum absolute atomic E-state index is 0.113. The fourth-order valence-corrected chi connectivity index (χ4v) is 3.74. The molecule has 0 aliphatic heterocycles. The van der Waals surface area contributed by atoms with Crippen LogP contribution in [0.3, 0.4) is 0 Å². The molecule has 0 aliphatic carbocycles. The zero-order chi connectivity index (χ0) is 15.9. The normalized spacial score (nSPS) is 13.7. The van der Waals surface area contributed by atoms with Crippen molar-refractivity contribution in [1.29, 1.82) is 0 Å². The highest BCUT2D eigenvalue weighted by Crippen LogP contribution is 2.29. The van der Waals surface area contributed by atoms with Gasteiger partial charge in [-0.15, -0.1) is 0 Å². The van der Waals surface area contributed by atoms with E-state index in [0.29, 0.717) is 0 Å². The van der Waals surface area contributed by atoms with Gasteiger partial charge in [0.05, 0.1) is 0 Å². The highest BCUT2D eigenvalue weighted by molar-refractivity contribution is 5.24. The Morgan fingerprint density at radius 3 is 2.19 bits per heavy atom. The smallest absolute Gasteiger partial charge is 0.0434 e. The molecular formula is C18H33N3. The first-order valence-corrected chi connectivity index (χ1v) is 8.34. The van der Waals surface area contributed by atoms with Crippen LogP contribution in [0.25, 0.3) is 0 Å². The van der Waals surface area contributed by atoms with Crippen molar-refractivity contribution < 1.29 is 0 Å². The lowest BCUT2D eigenvalue weighted by atomic mass is 9.79. The molecule has 0 spiro atoms. The Labute approximate surface area is 130 Å². The third kappa shape index (κ3) is 4.06. The Kier molecular flexibility index (Phi) is 7.36. The number of aryl methyl sites for hydroxylation is 1. The van der Waals surface area contributed by atoms with Crippen LogP contribution < -0.4 is 11.3 Å². The quantitative estimate of drug-likeness (QED) is 0.542. The van der Waals surface area contributed by atoms with Crippen molar-refractivity contribution in [2.75, 3.05) is 13.1 Å². The fourth-order valence-electron chi connectivity index (χ4n) is 3.74. The maximum atomic E-state index is 5.97. The number of nitrogens with two attached hydrogens (primary N) is 1. The number of benzene rings is 1. The average Bonchev–Trinajstić information content (AvgIpc) is 2.51. The molecule has 1 aromatic rings. The molecular weight excluding hydrogens is 258 g/mol. The van der Waals surface area contributed by atoms with Crippen molar-refractivity contribution in [2.45, 2.75) is 65.5 Å². The van der Waals surface area contributed by atoms with Crippen LogP contribution in [-0.2, 0) is 6.42 Å². The standard InChI is InChI=1S/C18H33N3/c1-6-18(7-2,21(8-3)9-4)17(20-19)14-16-12-10-11-15(5)13-16/h10-13,17,20H,6-9,14,19H2,1-5H3. The first kappa shape index (κ1) is 18.1. The van der Waals surface area contributed by atoms with Gasteiger partial charge in [0, 0.05) is 11.6 Å². The molecule has 0 aliphatic rings. The molecule has 0 radical (unpaired) electrons.